The van der Waals surface area contributed by atoms with Crippen LogP contribution in [0.1, 0.15) is 41.3 Å². The predicted octanol–water partition coefficient (Wildman–Crippen LogP) is 6.23. The van der Waals surface area contributed by atoms with Crippen LogP contribution in [0.3, 0.4) is 0 Å². The number of fused-ring (bicyclic) bond motifs is 3. The Labute approximate surface area is 187 Å². The summed E-state index contributed by atoms with van der Waals surface area (Å²) in [5.41, 5.74) is 5.18. The fourth-order valence-corrected chi connectivity index (χ4v) is 5.65. The molecule has 0 amide bonds. The lowest BCUT2D eigenvalue weighted by molar-refractivity contribution is 0.611. The van der Waals surface area contributed by atoms with Crippen LogP contribution < -0.4 is 5.32 Å². The number of rotatable bonds is 6. The molecule has 0 saturated carbocycles. The molecule has 1 atom stereocenters. The van der Waals surface area contributed by atoms with E-state index in [1.807, 2.05) is 23.5 Å². The van der Waals surface area contributed by atoms with Crippen molar-refractivity contribution in [2.45, 2.75) is 46.0 Å². The average molecular weight is 429 g/mol. The van der Waals surface area contributed by atoms with E-state index in [-0.39, 0.29) is 0 Å². The lowest BCUT2D eigenvalue weighted by atomic mass is 9.96. The molecule has 0 fully saturated rings. The van der Waals surface area contributed by atoms with Crippen LogP contribution in [0.25, 0.3) is 21.6 Å². The van der Waals surface area contributed by atoms with Crippen LogP contribution in [0.4, 0.5) is 5.82 Å². The Morgan fingerprint density at radius 1 is 1.00 bits per heavy atom. The lowest BCUT2D eigenvalue weighted by Crippen LogP contribution is -2.15. The van der Waals surface area contributed by atoms with E-state index in [0.717, 1.165) is 41.4 Å². The number of aromatic nitrogens is 3. The zero-order valence-corrected chi connectivity index (χ0v) is 19.0. The number of anilines is 1. The van der Waals surface area contributed by atoms with Gasteiger partial charge in [0.25, 0.3) is 0 Å². The summed E-state index contributed by atoms with van der Waals surface area (Å²) in [5, 5.41) is 4.96. The number of thiophene rings is 1. The molecule has 4 nitrogen and oxygen atoms in total. The number of benzene rings is 1. The third-order valence-corrected chi connectivity index (χ3v) is 7.26. The van der Waals surface area contributed by atoms with Crippen molar-refractivity contribution in [2.24, 2.45) is 5.92 Å². The third kappa shape index (κ3) is 4.33. The van der Waals surface area contributed by atoms with Gasteiger partial charge in [0.15, 0.2) is 5.82 Å². The van der Waals surface area contributed by atoms with Crippen molar-refractivity contribution in [1.29, 1.82) is 0 Å². The quantitative estimate of drug-likeness (QED) is 0.395. The Balaban J connectivity index is 1.45. The molecule has 158 valence electrons. The fourth-order valence-electron chi connectivity index (χ4n) is 4.39. The topological polar surface area (TPSA) is 50.7 Å². The van der Waals surface area contributed by atoms with Gasteiger partial charge in [-0.05, 0) is 68.2 Å². The van der Waals surface area contributed by atoms with E-state index >= 15 is 0 Å². The SMILES string of the molecule is Cc1ccc(CC(C)CNc2nc(-c3ccncc3)nc3sc4c(c23)CCCC4)cc1. The van der Waals surface area contributed by atoms with Crippen molar-refractivity contribution in [3.8, 4) is 11.4 Å². The minimum absolute atomic E-state index is 0.506. The Kier molecular flexibility index (Phi) is 5.68. The van der Waals surface area contributed by atoms with E-state index in [4.69, 9.17) is 9.97 Å². The molecular weight excluding hydrogens is 400 g/mol. The molecule has 3 aromatic heterocycles. The molecule has 1 aliphatic rings. The van der Waals surface area contributed by atoms with Crippen LogP contribution in [0.5, 0.6) is 0 Å². The van der Waals surface area contributed by atoms with Gasteiger partial charge in [0, 0.05) is 29.4 Å². The Morgan fingerprint density at radius 3 is 2.58 bits per heavy atom. The monoisotopic (exact) mass is 428 g/mol. The van der Waals surface area contributed by atoms with Crippen LogP contribution in [0.15, 0.2) is 48.8 Å². The maximum atomic E-state index is 5.00. The van der Waals surface area contributed by atoms with Gasteiger partial charge < -0.3 is 5.32 Å². The summed E-state index contributed by atoms with van der Waals surface area (Å²) in [5.74, 6) is 2.28. The summed E-state index contributed by atoms with van der Waals surface area (Å²) in [6, 6.07) is 12.8. The van der Waals surface area contributed by atoms with Crippen molar-refractivity contribution in [1.82, 2.24) is 15.0 Å². The highest BCUT2D eigenvalue weighted by Gasteiger charge is 2.21. The van der Waals surface area contributed by atoms with Gasteiger partial charge in [-0.25, -0.2) is 9.97 Å². The molecule has 1 aliphatic carbocycles. The molecule has 0 bridgehead atoms. The second-order valence-corrected chi connectivity index (χ2v) is 9.78. The molecule has 5 rings (SSSR count). The summed E-state index contributed by atoms with van der Waals surface area (Å²) < 4.78 is 0. The minimum Gasteiger partial charge on any atom is -0.369 e. The highest BCUT2D eigenvalue weighted by atomic mass is 32.1. The van der Waals surface area contributed by atoms with Gasteiger partial charge >= 0.3 is 0 Å². The van der Waals surface area contributed by atoms with Gasteiger partial charge in [0.2, 0.25) is 0 Å². The summed E-state index contributed by atoms with van der Waals surface area (Å²) in [6.45, 7) is 5.33. The van der Waals surface area contributed by atoms with Crippen LogP contribution in [-0.4, -0.2) is 21.5 Å². The Bertz CT molecular complexity index is 1180. The van der Waals surface area contributed by atoms with Gasteiger partial charge in [-0.3, -0.25) is 4.98 Å². The fraction of sp³-hybridized carbons (Fsp3) is 0.346. The first-order chi connectivity index (χ1) is 15.2. The summed E-state index contributed by atoms with van der Waals surface area (Å²) in [4.78, 5) is 16.7. The number of aryl methyl sites for hydroxylation is 3. The Hall–Kier alpha value is -2.79. The van der Waals surface area contributed by atoms with Crippen LogP contribution in [0.2, 0.25) is 0 Å². The van der Waals surface area contributed by atoms with Crippen LogP contribution in [0, 0.1) is 12.8 Å². The zero-order chi connectivity index (χ0) is 21.2. The maximum Gasteiger partial charge on any atom is 0.163 e. The molecule has 0 radical (unpaired) electrons. The Morgan fingerprint density at radius 2 is 1.77 bits per heavy atom. The van der Waals surface area contributed by atoms with Crippen LogP contribution >= 0.6 is 11.3 Å². The first-order valence-electron chi connectivity index (χ1n) is 11.2. The van der Waals surface area contributed by atoms with Crippen molar-refractivity contribution in [2.75, 3.05) is 11.9 Å². The van der Waals surface area contributed by atoms with Crippen LogP contribution in [-0.2, 0) is 19.3 Å². The number of pyridine rings is 1. The van der Waals surface area contributed by atoms with Gasteiger partial charge in [-0.1, -0.05) is 36.8 Å². The second kappa shape index (κ2) is 8.75. The molecule has 1 unspecified atom stereocenters. The van der Waals surface area contributed by atoms with Crippen molar-refractivity contribution in [3.63, 3.8) is 0 Å². The highest BCUT2D eigenvalue weighted by molar-refractivity contribution is 7.19. The standard InChI is InChI=1S/C26H28N4S/c1-17-7-9-19(10-8-17)15-18(2)16-28-25-23-21-5-3-4-6-22(21)31-26(23)30-24(29-25)20-11-13-27-14-12-20/h7-14,18H,3-6,15-16H2,1-2H3,(H,28,29,30). The van der Waals surface area contributed by atoms with Gasteiger partial charge in [0.05, 0.1) is 5.39 Å². The lowest BCUT2D eigenvalue weighted by Gasteiger charge is -2.16. The molecule has 31 heavy (non-hydrogen) atoms. The number of hydrogen-bond donors (Lipinski definition) is 1. The van der Waals surface area contributed by atoms with E-state index in [2.05, 4.69) is 48.4 Å². The summed E-state index contributed by atoms with van der Waals surface area (Å²) >= 11 is 1.85. The normalized spacial score (nSPS) is 14.4. The number of nitrogens with zero attached hydrogens (tertiary/aromatic N) is 3. The van der Waals surface area contributed by atoms with Crippen molar-refractivity contribution >= 4 is 27.4 Å². The maximum absolute atomic E-state index is 5.00. The van der Waals surface area contributed by atoms with E-state index in [0.29, 0.717) is 5.92 Å². The van der Waals surface area contributed by atoms with Gasteiger partial charge in [0.1, 0.15) is 10.6 Å². The smallest absolute Gasteiger partial charge is 0.163 e. The first kappa shape index (κ1) is 20.1. The largest absolute Gasteiger partial charge is 0.369 e. The van der Waals surface area contributed by atoms with E-state index in [1.165, 1.54) is 46.2 Å². The molecule has 0 aliphatic heterocycles. The third-order valence-electron chi connectivity index (χ3n) is 6.08. The molecule has 0 saturated heterocycles. The number of nitrogens with one attached hydrogen (secondary N) is 1. The average Bonchev–Trinajstić information content (AvgIpc) is 3.18. The molecule has 4 aromatic rings. The molecule has 5 heteroatoms. The molecule has 3 heterocycles. The van der Waals surface area contributed by atoms with Gasteiger partial charge in [-0.15, -0.1) is 11.3 Å². The second-order valence-electron chi connectivity index (χ2n) is 8.70. The van der Waals surface area contributed by atoms with Gasteiger partial charge in [-0.2, -0.15) is 0 Å². The van der Waals surface area contributed by atoms with Crippen molar-refractivity contribution < 1.29 is 0 Å². The minimum atomic E-state index is 0.506. The van der Waals surface area contributed by atoms with Crippen molar-refractivity contribution in [3.05, 3.63) is 70.4 Å². The highest BCUT2D eigenvalue weighted by Crippen LogP contribution is 2.39. The molecule has 1 aromatic carbocycles. The number of hydrogen-bond acceptors (Lipinski definition) is 5. The summed E-state index contributed by atoms with van der Waals surface area (Å²) in [6.07, 6.45) is 9.51. The van der Waals surface area contributed by atoms with E-state index in [9.17, 15) is 0 Å². The van der Waals surface area contributed by atoms with E-state index in [1.54, 1.807) is 12.4 Å². The molecular formula is C26H28N4S. The molecule has 0 spiro atoms. The summed E-state index contributed by atoms with van der Waals surface area (Å²) in [7, 11) is 0. The molecule has 1 N–H and O–H groups in total. The zero-order valence-electron chi connectivity index (χ0n) is 18.2. The first-order valence-corrected chi connectivity index (χ1v) is 12.0. The predicted molar refractivity (Wildman–Crippen MR) is 130 cm³/mol. The van der Waals surface area contributed by atoms with E-state index < -0.39 is 0 Å².